The summed E-state index contributed by atoms with van der Waals surface area (Å²) in [5.74, 6) is 1.79. The third kappa shape index (κ3) is 4.47. The molecule has 0 spiro atoms. The normalized spacial score (nSPS) is 11.5. The molecule has 1 nitrogen and oxygen atoms in total. The van der Waals surface area contributed by atoms with Gasteiger partial charge in [-0.25, -0.2) is 0 Å². The lowest BCUT2D eigenvalue weighted by atomic mass is 9.99. The van der Waals surface area contributed by atoms with E-state index in [4.69, 9.17) is 4.42 Å². The van der Waals surface area contributed by atoms with Gasteiger partial charge in [0.2, 0.25) is 0 Å². The number of benzene rings is 3. The SMILES string of the molecule is Cc1cccc(SCC=C(c2ccc(-c3ccccc3)cc2)c2ccco2)c1. The van der Waals surface area contributed by atoms with E-state index in [1.54, 1.807) is 6.26 Å². The molecule has 0 fully saturated rings. The molecule has 0 aliphatic rings. The Morgan fingerprint density at radius 1 is 0.821 bits per heavy atom. The molecular weight excluding hydrogens is 360 g/mol. The van der Waals surface area contributed by atoms with Crippen molar-refractivity contribution < 1.29 is 4.42 Å². The van der Waals surface area contributed by atoms with Gasteiger partial charge in [0.25, 0.3) is 0 Å². The van der Waals surface area contributed by atoms with Crippen molar-refractivity contribution in [2.24, 2.45) is 0 Å². The van der Waals surface area contributed by atoms with E-state index in [1.165, 1.54) is 27.1 Å². The van der Waals surface area contributed by atoms with Gasteiger partial charge in [0.05, 0.1) is 6.26 Å². The average molecular weight is 383 g/mol. The summed E-state index contributed by atoms with van der Waals surface area (Å²) in [4.78, 5) is 1.29. The third-order valence-electron chi connectivity index (χ3n) is 4.62. The van der Waals surface area contributed by atoms with Crippen molar-refractivity contribution in [3.05, 3.63) is 120 Å². The van der Waals surface area contributed by atoms with Crippen LogP contribution in [-0.4, -0.2) is 5.75 Å². The lowest BCUT2D eigenvalue weighted by Crippen LogP contribution is -1.88. The first-order valence-electron chi connectivity index (χ1n) is 9.39. The first-order valence-corrected chi connectivity index (χ1v) is 10.4. The lowest BCUT2D eigenvalue weighted by Gasteiger charge is -2.08. The molecule has 1 heterocycles. The third-order valence-corrected chi connectivity index (χ3v) is 5.54. The van der Waals surface area contributed by atoms with Gasteiger partial charge in [0, 0.05) is 16.2 Å². The van der Waals surface area contributed by atoms with Crippen molar-refractivity contribution in [1.29, 1.82) is 0 Å². The lowest BCUT2D eigenvalue weighted by molar-refractivity contribution is 0.553. The van der Waals surface area contributed by atoms with Crippen molar-refractivity contribution >= 4 is 17.3 Å². The Balaban J connectivity index is 1.58. The summed E-state index contributed by atoms with van der Waals surface area (Å²) in [6.45, 7) is 2.13. The van der Waals surface area contributed by atoms with E-state index in [0.717, 1.165) is 17.1 Å². The minimum atomic E-state index is 0.889. The molecule has 2 heteroatoms. The smallest absolute Gasteiger partial charge is 0.134 e. The second-order valence-corrected chi connectivity index (χ2v) is 7.76. The molecule has 4 rings (SSSR count). The molecule has 3 aromatic carbocycles. The van der Waals surface area contributed by atoms with E-state index in [0.29, 0.717) is 0 Å². The van der Waals surface area contributed by atoms with E-state index >= 15 is 0 Å². The van der Waals surface area contributed by atoms with Gasteiger partial charge in [0.1, 0.15) is 5.76 Å². The standard InChI is InChI=1S/C26H22OS/c1-20-7-5-10-24(19-20)28-18-16-25(26-11-6-17-27-26)23-14-12-22(13-15-23)21-8-3-2-4-9-21/h2-17,19H,18H2,1H3. The van der Waals surface area contributed by atoms with E-state index in [1.807, 2.05) is 30.0 Å². The summed E-state index contributed by atoms with van der Waals surface area (Å²) in [5.41, 5.74) is 6.03. The van der Waals surface area contributed by atoms with Gasteiger partial charge >= 0.3 is 0 Å². The minimum Gasteiger partial charge on any atom is -0.464 e. The van der Waals surface area contributed by atoms with Gasteiger partial charge in [-0.15, -0.1) is 11.8 Å². The van der Waals surface area contributed by atoms with Crippen molar-refractivity contribution in [2.75, 3.05) is 5.75 Å². The maximum Gasteiger partial charge on any atom is 0.134 e. The van der Waals surface area contributed by atoms with Crippen LogP contribution in [0.5, 0.6) is 0 Å². The number of furan rings is 1. The molecule has 0 aliphatic heterocycles. The zero-order valence-electron chi connectivity index (χ0n) is 15.8. The molecule has 28 heavy (non-hydrogen) atoms. The van der Waals surface area contributed by atoms with E-state index < -0.39 is 0 Å². The maximum absolute atomic E-state index is 5.71. The fourth-order valence-corrected chi connectivity index (χ4v) is 4.08. The molecule has 4 aromatic rings. The zero-order chi connectivity index (χ0) is 19.2. The van der Waals surface area contributed by atoms with Crippen molar-refractivity contribution in [1.82, 2.24) is 0 Å². The van der Waals surface area contributed by atoms with Crippen LogP contribution in [0.4, 0.5) is 0 Å². The van der Waals surface area contributed by atoms with Crippen LogP contribution in [0.1, 0.15) is 16.9 Å². The predicted octanol–water partition coefficient (Wildman–Crippen LogP) is 7.48. The number of hydrogen-bond acceptors (Lipinski definition) is 2. The second kappa shape index (κ2) is 8.81. The van der Waals surface area contributed by atoms with Gasteiger partial charge in [-0.3, -0.25) is 0 Å². The molecule has 0 unspecified atom stereocenters. The summed E-state index contributed by atoms with van der Waals surface area (Å²) in [7, 11) is 0. The van der Waals surface area contributed by atoms with Crippen LogP contribution in [0, 0.1) is 6.92 Å². The van der Waals surface area contributed by atoms with E-state index in [2.05, 4.69) is 85.8 Å². The second-order valence-electron chi connectivity index (χ2n) is 6.67. The quantitative estimate of drug-likeness (QED) is 0.321. The Kier molecular flexibility index (Phi) is 5.79. The minimum absolute atomic E-state index is 0.889. The van der Waals surface area contributed by atoms with Crippen LogP contribution in [0.25, 0.3) is 16.7 Å². The number of thioether (sulfide) groups is 1. The Labute approximate surface area is 170 Å². The highest BCUT2D eigenvalue weighted by atomic mass is 32.2. The highest BCUT2D eigenvalue weighted by molar-refractivity contribution is 7.99. The molecule has 138 valence electrons. The van der Waals surface area contributed by atoms with Crippen LogP contribution in [0.15, 0.2) is 113 Å². The van der Waals surface area contributed by atoms with Crippen LogP contribution in [0.3, 0.4) is 0 Å². The summed E-state index contributed by atoms with van der Waals surface area (Å²) in [6.07, 6.45) is 3.98. The summed E-state index contributed by atoms with van der Waals surface area (Å²) in [5, 5.41) is 0. The summed E-state index contributed by atoms with van der Waals surface area (Å²) < 4.78 is 5.71. The largest absolute Gasteiger partial charge is 0.464 e. The first-order chi connectivity index (χ1) is 13.8. The van der Waals surface area contributed by atoms with Crippen molar-refractivity contribution in [3.63, 3.8) is 0 Å². The predicted molar refractivity (Wildman–Crippen MR) is 120 cm³/mol. The van der Waals surface area contributed by atoms with Crippen molar-refractivity contribution in [3.8, 4) is 11.1 Å². The van der Waals surface area contributed by atoms with Crippen LogP contribution in [0.2, 0.25) is 0 Å². The number of aryl methyl sites for hydroxylation is 1. The highest BCUT2D eigenvalue weighted by Crippen LogP contribution is 2.28. The molecule has 0 bridgehead atoms. The summed E-state index contributed by atoms with van der Waals surface area (Å²) in [6, 6.07) is 31.7. The Bertz CT molecular complexity index is 1050. The first kappa shape index (κ1) is 18.4. The van der Waals surface area contributed by atoms with E-state index in [-0.39, 0.29) is 0 Å². The molecule has 0 atom stereocenters. The van der Waals surface area contributed by atoms with Crippen molar-refractivity contribution in [2.45, 2.75) is 11.8 Å². The van der Waals surface area contributed by atoms with Gasteiger partial charge in [-0.2, -0.15) is 0 Å². The monoisotopic (exact) mass is 382 g/mol. The zero-order valence-corrected chi connectivity index (χ0v) is 16.7. The van der Waals surface area contributed by atoms with Crippen LogP contribution < -0.4 is 0 Å². The number of hydrogen-bond donors (Lipinski definition) is 0. The molecule has 0 aliphatic carbocycles. The Hall–Kier alpha value is -2.97. The molecule has 0 saturated heterocycles. The van der Waals surface area contributed by atoms with Gasteiger partial charge in [-0.05, 0) is 47.9 Å². The average Bonchev–Trinajstić information content (AvgIpc) is 3.27. The molecule has 0 saturated carbocycles. The molecular formula is C26H22OS. The van der Waals surface area contributed by atoms with Gasteiger partial charge in [-0.1, -0.05) is 78.4 Å². The topological polar surface area (TPSA) is 13.1 Å². The Morgan fingerprint density at radius 2 is 1.61 bits per heavy atom. The highest BCUT2D eigenvalue weighted by Gasteiger charge is 2.08. The van der Waals surface area contributed by atoms with E-state index in [9.17, 15) is 0 Å². The molecule has 0 amide bonds. The maximum atomic E-state index is 5.71. The molecule has 0 radical (unpaired) electrons. The van der Waals surface area contributed by atoms with Crippen LogP contribution >= 0.6 is 11.8 Å². The fraction of sp³-hybridized carbons (Fsp3) is 0.0769. The van der Waals surface area contributed by atoms with Crippen LogP contribution in [-0.2, 0) is 0 Å². The summed E-state index contributed by atoms with van der Waals surface area (Å²) >= 11 is 1.84. The van der Waals surface area contributed by atoms with Gasteiger partial charge in [0.15, 0.2) is 0 Å². The molecule has 1 aromatic heterocycles. The van der Waals surface area contributed by atoms with Gasteiger partial charge < -0.3 is 4.42 Å². The Morgan fingerprint density at radius 3 is 2.32 bits per heavy atom. The fourth-order valence-electron chi connectivity index (χ4n) is 3.19. The molecule has 0 N–H and O–H groups in total. The number of rotatable bonds is 6.